The van der Waals surface area contributed by atoms with E-state index in [2.05, 4.69) is 5.32 Å². The highest BCUT2D eigenvalue weighted by Gasteiger charge is 2.29. The number of nitrogens with zero attached hydrogens (tertiary/aromatic N) is 2. The van der Waals surface area contributed by atoms with Gasteiger partial charge in [0, 0.05) is 38.6 Å². The standard InChI is InChI=1S/C22H29N3O5S/c1-16-13-18(6-7-19(16)24(2)3)23-22(26)15-17-5-8-20(29-4)21(14-17)31(27,28)25-9-11-30-12-10-25/h5-8,13-14H,9-12,15H2,1-4H3,(H,23,26). The topological polar surface area (TPSA) is 88.2 Å². The molecular weight excluding hydrogens is 418 g/mol. The van der Waals surface area contributed by atoms with Gasteiger partial charge in [-0.3, -0.25) is 4.79 Å². The molecule has 0 radical (unpaired) electrons. The number of anilines is 2. The van der Waals surface area contributed by atoms with Crippen molar-refractivity contribution in [3.05, 3.63) is 47.5 Å². The summed E-state index contributed by atoms with van der Waals surface area (Å²) in [6.07, 6.45) is 0.0457. The Morgan fingerprint density at radius 2 is 1.87 bits per heavy atom. The van der Waals surface area contributed by atoms with Gasteiger partial charge in [-0.1, -0.05) is 6.07 Å². The lowest BCUT2D eigenvalue weighted by Crippen LogP contribution is -2.40. The summed E-state index contributed by atoms with van der Waals surface area (Å²) in [5.74, 6) is 0.0300. The molecule has 9 heteroatoms. The number of methoxy groups -OCH3 is 1. The SMILES string of the molecule is COc1ccc(CC(=O)Nc2ccc(N(C)C)c(C)c2)cc1S(=O)(=O)N1CCOCC1. The molecule has 0 aromatic heterocycles. The van der Waals surface area contributed by atoms with Crippen molar-refractivity contribution >= 4 is 27.3 Å². The molecule has 168 valence electrons. The first-order valence-corrected chi connectivity index (χ1v) is 11.5. The number of carbonyl (C=O) groups is 1. The lowest BCUT2D eigenvalue weighted by Gasteiger charge is -2.26. The summed E-state index contributed by atoms with van der Waals surface area (Å²) in [6.45, 7) is 3.28. The van der Waals surface area contributed by atoms with Crippen LogP contribution in [-0.4, -0.2) is 66.1 Å². The number of amides is 1. The Kier molecular flexibility index (Phi) is 7.19. The van der Waals surface area contributed by atoms with Gasteiger partial charge in [-0.05, 0) is 48.4 Å². The molecule has 1 amide bonds. The minimum Gasteiger partial charge on any atom is -0.495 e. The quantitative estimate of drug-likeness (QED) is 0.701. The maximum Gasteiger partial charge on any atom is 0.246 e. The van der Waals surface area contributed by atoms with E-state index in [1.807, 2.05) is 44.1 Å². The zero-order valence-corrected chi connectivity index (χ0v) is 19.2. The number of benzene rings is 2. The second-order valence-electron chi connectivity index (χ2n) is 7.62. The number of rotatable bonds is 7. The fourth-order valence-corrected chi connectivity index (χ4v) is 5.20. The molecule has 0 saturated carbocycles. The van der Waals surface area contributed by atoms with Crippen LogP contribution in [0.1, 0.15) is 11.1 Å². The van der Waals surface area contributed by atoms with E-state index in [0.29, 0.717) is 37.6 Å². The molecule has 1 aliphatic heterocycles. The molecule has 8 nitrogen and oxygen atoms in total. The fraction of sp³-hybridized carbons (Fsp3) is 0.409. The molecule has 2 aromatic rings. The highest BCUT2D eigenvalue weighted by atomic mass is 32.2. The largest absolute Gasteiger partial charge is 0.495 e. The smallest absolute Gasteiger partial charge is 0.246 e. The fourth-order valence-electron chi connectivity index (χ4n) is 3.58. The third-order valence-corrected chi connectivity index (χ3v) is 7.06. The number of hydrogen-bond donors (Lipinski definition) is 1. The number of sulfonamides is 1. The van der Waals surface area contributed by atoms with Gasteiger partial charge in [-0.25, -0.2) is 8.42 Å². The van der Waals surface area contributed by atoms with Gasteiger partial charge in [0.25, 0.3) is 0 Å². The molecule has 0 unspecified atom stereocenters. The number of morpholine rings is 1. The van der Waals surface area contributed by atoms with E-state index in [1.165, 1.54) is 17.5 Å². The van der Waals surface area contributed by atoms with Crippen LogP contribution in [0.15, 0.2) is 41.3 Å². The van der Waals surface area contributed by atoms with Crippen LogP contribution < -0.4 is 15.0 Å². The van der Waals surface area contributed by atoms with Crippen molar-refractivity contribution in [1.82, 2.24) is 4.31 Å². The van der Waals surface area contributed by atoms with Gasteiger partial charge in [0.05, 0.1) is 26.7 Å². The van der Waals surface area contributed by atoms with Crippen molar-refractivity contribution < 1.29 is 22.7 Å². The van der Waals surface area contributed by atoms with Crippen LogP contribution in [0.5, 0.6) is 5.75 Å². The van der Waals surface area contributed by atoms with Gasteiger partial charge >= 0.3 is 0 Å². The lowest BCUT2D eigenvalue weighted by molar-refractivity contribution is -0.115. The zero-order chi connectivity index (χ0) is 22.6. The van der Waals surface area contributed by atoms with E-state index in [-0.39, 0.29) is 23.0 Å². The van der Waals surface area contributed by atoms with Crippen LogP contribution >= 0.6 is 0 Å². The zero-order valence-electron chi connectivity index (χ0n) is 18.3. The van der Waals surface area contributed by atoms with E-state index in [1.54, 1.807) is 12.1 Å². The van der Waals surface area contributed by atoms with Crippen molar-refractivity contribution in [3.63, 3.8) is 0 Å². The summed E-state index contributed by atoms with van der Waals surface area (Å²) >= 11 is 0. The van der Waals surface area contributed by atoms with Crippen LogP contribution in [0, 0.1) is 6.92 Å². The first-order chi connectivity index (χ1) is 14.7. The van der Waals surface area contributed by atoms with Gasteiger partial charge in [-0.2, -0.15) is 4.31 Å². The summed E-state index contributed by atoms with van der Waals surface area (Å²) < 4.78 is 38.1. The minimum atomic E-state index is -3.75. The molecule has 1 saturated heterocycles. The molecule has 0 atom stereocenters. The Balaban J connectivity index is 1.78. The predicted molar refractivity (Wildman–Crippen MR) is 120 cm³/mol. The summed E-state index contributed by atoms with van der Waals surface area (Å²) in [7, 11) is 1.61. The van der Waals surface area contributed by atoms with E-state index in [4.69, 9.17) is 9.47 Å². The van der Waals surface area contributed by atoms with Gasteiger partial charge in [0.2, 0.25) is 15.9 Å². The molecule has 1 N–H and O–H groups in total. The molecule has 0 bridgehead atoms. The maximum atomic E-state index is 13.1. The lowest BCUT2D eigenvalue weighted by atomic mass is 10.1. The van der Waals surface area contributed by atoms with E-state index >= 15 is 0 Å². The van der Waals surface area contributed by atoms with Crippen molar-refractivity contribution in [3.8, 4) is 5.75 Å². The van der Waals surface area contributed by atoms with Crippen molar-refractivity contribution in [2.75, 3.05) is 57.7 Å². The molecule has 1 aliphatic rings. The Morgan fingerprint density at radius 3 is 2.48 bits per heavy atom. The average Bonchev–Trinajstić information content (AvgIpc) is 2.74. The van der Waals surface area contributed by atoms with Gasteiger partial charge in [0.1, 0.15) is 10.6 Å². The summed E-state index contributed by atoms with van der Waals surface area (Å²) in [5.41, 5.74) is 3.41. The van der Waals surface area contributed by atoms with Crippen LogP contribution in [0.25, 0.3) is 0 Å². The second-order valence-corrected chi connectivity index (χ2v) is 9.53. The maximum absolute atomic E-state index is 13.1. The molecular formula is C22H29N3O5S. The van der Waals surface area contributed by atoms with E-state index in [9.17, 15) is 13.2 Å². The number of nitrogens with one attached hydrogen (secondary N) is 1. The first-order valence-electron chi connectivity index (χ1n) is 10.0. The molecule has 1 fully saturated rings. The van der Waals surface area contributed by atoms with Gasteiger partial charge in [-0.15, -0.1) is 0 Å². The summed E-state index contributed by atoms with van der Waals surface area (Å²) in [4.78, 5) is 14.7. The number of carbonyl (C=O) groups excluding carboxylic acids is 1. The highest BCUT2D eigenvalue weighted by molar-refractivity contribution is 7.89. The van der Waals surface area contributed by atoms with Crippen LogP contribution in [-0.2, 0) is 26.0 Å². The van der Waals surface area contributed by atoms with Crippen molar-refractivity contribution in [2.24, 2.45) is 0 Å². The number of hydrogen-bond acceptors (Lipinski definition) is 6. The normalized spacial score (nSPS) is 14.8. The van der Waals surface area contributed by atoms with E-state index < -0.39 is 10.0 Å². The summed E-state index contributed by atoms with van der Waals surface area (Å²) in [6, 6.07) is 10.5. The van der Waals surface area contributed by atoms with Crippen LogP contribution in [0.2, 0.25) is 0 Å². The Morgan fingerprint density at radius 1 is 1.16 bits per heavy atom. The number of ether oxygens (including phenoxy) is 2. The first kappa shape index (κ1) is 23.1. The highest BCUT2D eigenvalue weighted by Crippen LogP contribution is 2.29. The monoisotopic (exact) mass is 447 g/mol. The van der Waals surface area contributed by atoms with Crippen molar-refractivity contribution in [1.29, 1.82) is 0 Å². The average molecular weight is 448 g/mol. The van der Waals surface area contributed by atoms with Crippen LogP contribution in [0.3, 0.4) is 0 Å². The Bertz CT molecular complexity index is 1050. The number of aryl methyl sites for hydroxylation is 1. The molecule has 31 heavy (non-hydrogen) atoms. The Hall–Kier alpha value is -2.62. The molecule has 3 rings (SSSR count). The molecule has 1 heterocycles. The second kappa shape index (κ2) is 9.67. The summed E-state index contributed by atoms with van der Waals surface area (Å²) in [5, 5.41) is 2.88. The molecule has 2 aromatic carbocycles. The van der Waals surface area contributed by atoms with Crippen molar-refractivity contribution in [2.45, 2.75) is 18.2 Å². The van der Waals surface area contributed by atoms with Gasteiger partial charge < -0.3 is 19.7 Å². The van der Waals surface area contributed by atoms with Gasteiger partial charge in [0.15, 0.2) is 0 Å². The Labute approximate surface area is 183 Å². The third kappa shape index (κ3) is 5.36. The minimum absolute atomic E-state index is 0.0457. The van der Waals surface area contributed by atoms with Crippen LogP contribution in [0.4, 0.5) is 11.4 Å². The predicted octanol–water partition coefficient (Wildman–Crippen LogP) is 2.27. The third-order valence-electron chi connectivity index (χ3n) is 5.14. The molecule has 0 aliphatic carbocycles. The molecule has 0 spiro atoms. The van der Waals surface area contributed by atoms with E-state index in [0.717, 1.165) is 11.3 Å².